The van der Waals surface area contributed by atoms with E-state index in [2.05, 4.69) is 11.9 Å². The Morgan fingerprint density at radius 2 is 1.77 bits per heavy atom. The Labute approximate surface area is 180 Å². The van der Waals surface area contributed by atoms with Crippen LogP contribution < -0.4 is 20.0 Å². The summed E-state index contributed by atoms with van der Waals surface area (Å²) in [6.07, 6.45) is 5.08. The van der Waals surface area contributed by atoms with Gasteiger partial charge in [-0.05, 0) is 54.5 Å². The number of nitrogens with zero attached hydrogens (tertiary/aromatic N) is 2. The lowest BCUT2D eigenvalue weighted by Crippen LogP contribution is -2.11. The zero-order valence-corrected chi connectivity index (χ0v) is 18.2. The van der Waals surface area contributed by atoms with E-state index in [1.165, 1.54) is 0 Å². The highest BCUT2D eigenvalue weighted by molar-refractivity contribution is 6.03. The zero-order chi connectivity index (χ0) is 22.0. The van der Waals surface area contributed by atoms with Crippen molar-refractivity contribution in [1.29, 1.82) is 0 Å². The standard InChI is InChI=1S/C24H26N2O5/c1-5-9-30-23-20(28-3)11-15(12-21(23)29-4)10-16-13-25-14-18-17(16)7-8-19-22(18)31-24(27)26(19)6-2/h7-8,11-14H,5-6,9-10H2,1-4H3. The lowest BCUT2D eigenvalue weighted by molar-refractivity contribution is 0.274. The maximum atomic E-state index is 12.2. The van der Waals surface area contributed by atoms with Crippen LogP contribution in [0.15, 0.2) is 45.9 Å². The van der Waals surface area contributed by atoms with Gasteiger partial charge in [-0.1, -0.05) is 13.0 Å². The summed E-state index contributed by atoms with van der Waals surface area (Å²) in [5.74, 6) is 1.51. The molecule has 0 amide bonds. The molecule has 0 radical (unpaired) electrons. The number of fused-ring (bicyclic) bond motifs is 3. The number of aryl methyl sites for hydroxylation is 1. The molecule has 7 nitrogen and oxygen atoms in total. The first-order valence-electron chi connectivity index (χ1n) is 10.4. The minimum absolute atomic E-state index is 0.354. The first-order valence-corrected chi connectivity index (χ1v) is 10.4. The van der Waals surface area contributed by atoms with E-state index in [1.807, 2.05) is 37.4 Å². The summed E-state index contributed by atoms with van der Waals surface area (Å²) in [6, 6.07) is 7.86. The van der Waals surface area contributed by atoms with E-state index in [9.17, 15) is 4.79 Å². The van der Waals surface area contributed by atoms with E-state index in [0.717, 1.165) is 33.8 Å². The molecule has 0 bridgehead atoms. The van der Waals surface area contributed by atoms with Gasteiger partial charge < -0.3 is 18.6 Å². The molecule has 0 saturated carbocycles. The highest BCUT2D eigenvalue weighted by Gasteiger charge is 2.17. The number of methoxy groups -OCH3 is 2. The average Bonchev–Trinajstić information content (AvgIpc) is 3.13. The molecule has 31 heavy (non-hydrogen) atoms. The minimum Gasteiger partial charge on any atom is -0.493 e. The third-order valence-electron chi connectivity index (χ3n) is 5.34. The molecule has 0 N–H and O–H groups in total. The highest BCUT2D eigenvalue weighted by atomic mass is 16.5. The number of pyridine rings is 1. The van der Waals surface area contributed by atoms with Crippen molar-refractivity contribution in [2.75, 3.05) is 20.8 Å². The van der Waals surface area contributed by atoms with Gasteiger partial charge in [0.1, 0.15) is 0 Å². The molecule has 4 aromatic rings. The third-order valence-corrected chi connectivity index (χ3v) is 5.34. The largest absolute Gasteiger partial charge is 0.493 e. The summed E-state index contributed by atoms with van der Waals surface area (Å²) in [6.45, 7) is 5.10. The van der Waals surface area contributed by atoms with Crippen molar-refractivity contribution in [3.63, 3.8) is 0 Å². The fourth-order valence-corrected chi connectivity index (χ4v) is 3.87. The van der Waals surface area contributed by atoms with E-state index >= 15 is 0 Å². The van der Waals surface area contributed by atoms with E-state index in [-0.39, 0.29) is 5.76 Å². The smallest absolute Gasteiger partial charge is 0.419 e. The van der Waals surface area contributed by atoms with Crippen LogP contribution in [0.25, 0.3) is 21.9 Å². The van der Waals surface area contributed by atoms with Crippen LogP contribution in [0.2, 0.25) is 0 Å². The lowest BCUT2D eigenvalue weighted by Gasteiger charge is -2.16. The number of rotatable bonds is 8. The van der Waals surface area contributed by atoms with Crippen molar-refractivity contribution in [2.45, 2.75) is 33.2 Å². The summed E-state index contributed by atoms with van der Waals surface area (Å²) < 4.78 is 24.1. The van der Waals surface area contributed by atoms with Gasteiger partial charge in [-0.15, -0.1) is 0 Å². The average molecular weight is 422 g/mol. The number of benzene rings is 2. The van der Waals surface area contributed by atoms with Crippen LogP contribution in [-0.4, -0.2) is 30.4 Å². The molecule has 162 valence electrons. The molecular formula is C24H26N2O5. The van der Waals surface area contributed by atoms with Crippen LogP contribution in [0.5, 0.6) is 17.2 Å². The van der Waals surface area contributed by atoms with Crippen molar-refractivity contribution in [3.05, 3.63) is 58.3 Å². The molecule has 0 aliphatic carbocycles. The first-order chi connectivity index (χ1) is 15.1. The molecule has 2 heterocycles. The maximum Gasteiger partial charge on any atom is 0.419 e. The van der Waals surface area contributed by atoms with Crippen molar-refractivity contribution >= 4 is 21.9 Å². The summed E-state index contributed by atoms with van der Waals surface area (Å²) >= 11 is 0. The molecule has 0 aliphatic rings. The first kappa shape index (κ1) is 20.8. The van der Waals surface area contributed by atoms with Crippen LogP contribution >= 0.6 is 0 Å². The predicted molar refractivity (Wildman–Crippen MR) is 120 cm³/mol. The van der Waals surface area contributed by atoms with Gasteiger partial charge in [0.2, 0.25) is 5.75 Å². The Bertz CT molecular complexity index is 1260. The lowest BCUT2D eigenvalue weighted by atomic mass is 10.00. The van der Waals surface area contributed by atoms with Gasteiger partial charge in [-0.3, -0.25) is 9.55 Å². The monoisotopic (exact) mass is 422 g/mol. The van der Waals surface area contributed by atoms with E-state index < -0.39 is 0 Å². The van der Waals surface area contributed by atoms with Crippen molar-refractivity contribution in [2.24, 2.45) is 0 Å². The van der Waals surface area contributed by atoms with E-state index in [1.54, 1.807) is 25.0 Å². The molecule has 0 atom stereocenters. The molecule has 2 aromatic heterocycles. The summed E-state index contributed by atoms with van der Waals surface area (Å²) in [4.78, 5) is 16.6. The van der Waals surface area contributed by atoms with Gasteiger partial charge in [0, 0.05) is 24.3 Å². The predicted octanol–water partition coefficient (Wildman–Crippen LogP) is 4.56. The minimum atomic E-state index is -0.354. The van der Waals surface area contributed by atoms with Crippen molar-refractivity contribution < 1.29 is 18.6 Å². The number of oxazole rings is 1. The molecule has 4 rings (SSSR count). The van der Waals surface area contributed by atoms with Crippen molar-refractivity contribution in [3.8, 4) is 17.2 Å². The van der Waals surface area contributed by atoms with Gasteiger partial charge in [0.25, 0.3) is 0 Å². The quantitative estimate of drug-likeness (QED) is 0.414. The normalized spacial score (nSPS) is 11.2. The number of hydrogen-bond acceptors (Lipinski definition) is 6. The van der Waals surface area contributed by atoms with Crippen molar-refractivity contribution in [1.82, 2.24) is 9.55 Å². The topological polar surface area (TPSA) is 75.7 Å². The Morgan fingerprint density at radius 1 is 1.03 bits per heavy atom. The second-order valence-electron chi connectivity index (χ2n) is 7.27. The molecule has 0 spiro atoms. The summed E-state index contributed by atoms with van der Waals surface area (Å²) in [5, 5.41) is 1.81. The molecule has 2 aromatic carbocycles. The highest BCUT2D eigenvalue weighted by Crippen LogP contribution is 2.39. The molecule has 0 fully saturated rings. The summed E-state index contributed by atoms with van der Waals surface area (Å²) in [7, 11) is 3.24. The number of aromatic nitrogens is 2. The Hall–Kier alpha value is -3.48. The van der Waals surface area contributed by atoms with E-state index in [4.69, 9.17) is 18.6 Å². The third kappa shape index (κ3) is 3.71. The van der Waals surface area contributed by atoms with Gasteiger partial charge in [0.15, 0.2) is 17.1 Å². The Balaban J connectivity index is 1.80. The van der Waals surface area contributed by atoms with Crippen LogP contribution in [0, 0.1) is 0 Å². The van der Waals surface area contributed by atoms with Gasteiger partial charge >= 0.3 is 5.76 Å². The second-order valence-corrected chi connectivity index (χ2v) is 7.27. The maximum absolute atomic E-state index is 12.2. The van der Waals surface area contributed by atoms with Crippen LogP contribution in [0.4, 0.5) is 0 Å². The molecular weight excluding hydrogens is 396 g/mol. The fourth-order valence-electron chi connectivity index (χ4n) is 3.87. The summed E-state index contributed by atoms with van der Waals surface area (Å²) in [5.41, 5.74) is 3.36. The second kappa shape index (κ2) is 8.71. The van der Waals surface area contributed by atoms with Gasteiger partial charge in [-0.25, -0.2) is 4.79 Å². The van der Waals surface area contributed by atoms with Crippen LogP contribution in [0.1, 0.15) is 31.4 Å². The van der Waals surface area contributed by atoms with Gasteiger partial charge in [0.05, 0.1) is 26.3 Å². The molecule has 0 unspecified atom stereocenters. The fraction of sp³-hybridized carbons (Fsp3) is 0.333. The van der Waals surface area contributed by atoms with Crippen LogP contribution in [0.3, 0.4) is 0 Å². The SMILES string of the molecule is CCCOc1c(OC)cc(Cc2cncc3c2ccc2c3oc(=O)n2CC)cc1OC. The zero-order valence-electron chi connectivity index (χ0n) is 18.2. The van der Waals surface area contributed by atoms with Crippen LogP contribution in [-0.2, 0) is 13.0 Å². The van der Waals surface area contributed by atoms with E-state index in [0.29, 0.717) is 42.4 Å². The molecule has 0 saturated heterocycles. The Morgan fingerprint density at radius 3 is 2.42 bits per heavy atom. The number of hydrogen-bond donors (Lipinski definition) is 0. The van der Waals surface area contributed by atoms with Gasteiger partial charge in [-0.2, -0.15) is 0 Å². The Kier molecular flexibility index (Phi) is 5.84. The molecule has 7 heteroatoms. The number of ether oxygens (including phenoxy) is 3. The molecule has 0 aliphatic heterocycles.